The second-order valence-electron chi connectivity index (χ2n) is 4.52. The van der Waals surface area contributed by atoms with Crippen LogP contribution in [0.2, 0.25) is 0 Å². The lowest BCUT2D eigenvalue weighted by atomic mass is 9.95. The molecule has 0 saturated carbocycles. The molecular formula is C17H14F2O. The van der Waals surface area contributed by atoms with Crippen molar-refractivity contribution >= 4 is 11.4 Å². The molecule has 0 atom stereocenters. The summed E-state index contributed by atoms with van der Waals surface area (Å²) in [5.41, 5.74) is 1.41. The molecule has 0 aliphatic carbocycles. The Hall–Kier alpha value is -2.29. The van der Waals surface area contributed by atoms with E-state index in [0.29, 0.717) is 11.1 Å². The third kappa shape index (κ3) is 3.18. The first kappa shape index (κ1) is 14.1. The number of rotatable bonds is 4. The fourth-order valence-electron chi connectivity index (χ4n) is 2.06. The highest BCUT2D eigenvalue weighted by Gasteiger charge is 2.16. The van der Waals surface area contributed by atoms with E-state index in [-0.39, 0.29) is 17.8 Å². The van der Waals surface area contributed by atoms with E-state index in [9.17, 15) is 13.6 Å². The van der Waals surface area contributed by atoms with Crippen LogP contribution in [0.5, 0.6) is 0 Å². The standard InChI is InChI=1S/C17H14F2O/c1-12-7-5-6-10-14(12)15(17(18)19)11-16(20)13-8-3-2-4-9-13/h2-10H,11H2,1H3. The highest BCUT2D eigenvalue weighted by atomic mass is 19.3. The number of aryl methyl sites for hydroxylation is 1. The number of benzene rings is 2. The molecule has 0 unspecified atom stereocenters. The van der Waals surface area contributed by atoms with Crippen molar-refractivity contribution in [2.24, 2.45) is 0 Å². The van der Waals surface area contributed by atoms with Gasteiger partial charge in [0.1, 0.15) is 0 Å². The van der Waals surface area contributed by atoms with Crippen LogP contribution in [-0.2, 0) is 0 Å². The molecule has 0 radical (unpaired) electrons. The lowest BCUT2D eigenvalue weighted by Crippen LogP contribution is -2.02. The molecule has 0 heterocycles. The second-order valence-corrected chi connectivity index (χ2v) is 4.52. The molecule has 0 spiro atoms. The summed E-state index contributed by atoms with van der Waals surface area (Å²) in [5, 5.41) is 0. The Kier molecular flexibility index (Phi) is 4.41. The van der Waals surface area contributed by atoms with Crippen LogP contribution in [0.3, 0.4) is 0 Å². The van der Waals surface area contributed by atoms with Crippen LogP contribution >= 0.6 is 0 Å². The molecule has 0 aromatic heterocycles. The van der Waals surface area contributed by atoms with Crippen LogP contribution in [0.25, 0.3) is 5.57 Å². The second kappa shape index (κ2) is 6.24. The summed E-state index contributed by atoms with van der Waals surface area (Å²) in [5.74, 6) is -0.309. The summed E-state index contributed by atoms with van der Waals surface area (Å²) in [6.45, 7) is 1.76. The quantitative estimate of drug-likeness (QED) is 0.725. The minimum Gasteiger partial charge on any atom is -0.294 e. The third-order valence-electron chi connectivity index (χ3n) is 3.13. The lowest BCUT2D eigenvalue weighted by molar-refractivity contribution is 0.0997. The first-order chi connectivity index (χ1) is 9.59. The predicted molar refractivity (Wildman–Crippen MR) is 75.7 cm³/mol. The highest BCUT2D eigenvalue weighted by Crippen LogP contribution is 2.28. The molecule has 0 amide bonds. The van der Waals surface area contributed by atoms with Gasteiger partial charge >= 0.3 is 0 Å². The molecule has 0 bridgehead atoms. The van der Waals surface area contributed by atoms with Crippen molar-refractivity contribution in [2.75, 3.05) is 0 Å². The van der Waals surface area contributed by atoms with E-state index in [1.54, 1.807) is 61.5 Å². The molecule has 0 fully saturated rings. The zero-order chi connectivity index (χ0) is 14.5. The number of allylic oxidation sites excluding steroid dienone is 1. The summed E-state index contributed by atoms with van der Waals surface area (Å²) in [4.78, 5) is 12.1. The molecule has 0 saturated heterocycles. The normalized spacial score (nSPS) is 10.2. The van der Waals surface area contributed by atoms with Gasteiger partial charge in [0.05, 0.1) is 0 Å². The van der Waals surface area contributed by atoms with Gasteiger partial charge in [0.2, 0.25) is 0 Å². The van der Waals surface area contributed by atoms with Gasteiger partial charge in [-0.3, -0.25) is 4.79 Å². The maximum Gasteiger partial charge on any atom is 0.274 e. The van der Waals surface area contributed by atoms with E-state index in [2.05, 4.69) is 0 Å². The van der Waals surface area contributed by atoms with E-state index < -0.39 is 6.08 Å². The zero-order valence-corrected chi connectivity index (χ0v) is 11.1. The maximum absolute atomic E-state index is 13.2. The summed E-state index contributed by atoms with van der Waals surface area (Å²) < 4.78 is 26.3. The Bertz CT molecular complexity index is 641. The molecule has 0 aliphatic rings. The van der Waals surface area contributed by atoms with Gasteiger partial charge in [-0.25, -0.2) is 0 Å². The molecule has 0 aliphatic heterocycles. The Morgan fingerprint density at radius 1 is 0.950 bits per heavy atom. The molecule has 20 heavy (non-hydrogen) atoms. The summed E-state index contributed by atoms with van der Waals surface area (Å²) in [6.07, 6.45) is -2.10. The van der Waals surface area contributed by atoms with Crippen molar-refractivity contribution in [2.45, 2.75) is 13.3 Å². The fraction of sp³-hybridized carbons (Fsp3) is 0.118. The molecule has 1 nitrogen and oxygen atoms in total. The predicted octanol–water partition coefficient (Wildman–Crippen LogP) is 4.88. The average Bonchev–Trinajstić information content (AvgIpc) is 2.46. The summed E-state index contributed by atoms with van der Waals surface area (Å²) >= 11 is 0. The van der Waals surface area contributed by atoms with E-state index >= 15 is 0 Å². The number of halogens is 2. The molecule has 0 N–H and O–H groups in total. The van der Waals surface area contributed by atoms with Crippen LogP contribution in [-0.4, -0.2) is 5.78 Å². The molecule has 102 valence electrons. The fourth-order valence-corrected chi connectivity index (χ4v) is 2.06. The van der Waals surface area contributed by atoms with E-state index in [1.807, 2.05) is 0 Å². The van der Waals surface area contributed by atoms with Crippen LogP contribution in [0.4, 0.5) is 8.78 Å². The molecular weight excluding hydrogens is 258 g/mol. The number of carbonyl (C=O) groups is 1. The Morgan fingerprint density at radius 2 is 1.55 bits per heavy atom. The van der Waals surface area contributed by atoms with E-state index in [1.165, 1.54) is 0 Å². The Morgan fingerprint density at radius 3 is 2.15 bits per heavy atom. The van der Waals surface area contributed by atoms with Gasteiger partial charge in [0.25, 0.3) is 6.08 Å². The number of ketones is 1. The maximum atomic E-state index is 13.2. The third-order valence-corrected chi connectivity index (χ3v) is 3.13. The number of Topliss-reactive ketones (excluding diaryl/α,β-unsaturated/α-hetero) is 1. The minimum atomic E-state index is -1.80. The topological polar surface area (TPSA) is 17.1 Å². The van der Waals surface area contributed by atoms with E-state index in [4.69, 9.17) is 0 Å². The van der Waals surface area contributed by atoms with Crippen LogP contribution in [0, 0.1) is 6.92 Å². The minimum absolute atomic E-state index is 0.197. The SMILES string of the molecule is Cc1ccccc1C(CC(=O)c1ccccc1)=C(F)F. The van der Waals surface area contributed by atoms with Crippen molar-refractivity contribution in [1.82, 2.24) is 0 Å². The number of carbonyl (C=O) groups excluding carboxylic acids is 1. The average molecular weight is 272 g/mol. The monoisotopic (exact) mass is 272 g/mol. The zero-order valence-electron chi connectivity index (χ0n) is 11.1. The van der Waals surface area contributed by atoms with Crippen LogP contribution in [0.1, 0.15) is 27.9 Å². The van der Waals surface area contributed by atoms with Crippen molar-refractivity contribution in [3.8, 4) is 0 Å². The lowest BCUT2D eigenvalue weighted by Gasteiger charge is -2.09. The van der Waals surface area contributed by atoms with Crippen LogP contribution in [0.15, 0.2) is 60.7 Å². The molecule has 2 aromatic carbocycles. The van der Waals surface area contributed by atoms with Gasteiger partial charge in [0, 0.05) is 17.6 Å². The first-order valence-electron chi connectivity index (χ1n) is 6.28. The van der Waals surface area contributed by atoms with Crippen LogP contribution < -0.4 is 0 Å². The first-order valence-corrected chi connectivity index (χ1v) is 6.28. The van der Waals surface area contributed by atoms with Gasteiger partial charge in [-0.2, -0.15) is 8.78 Å². The van der Waals surface area contributed by atoms with Crippen molar-refractivity contribution in [3.05, 3.63) is 77.4 Å². The van der Waals surface area contributed by atoms with Crippen molar-refractivity contribution in [3.63, 3.8) is 0 Å². The number of hydrogen-bond donors (Lipinski definition) is 0. The van der Waals surface area contributed by atoms with E-state index in [0.717, 1.165) is 5.56 Å². The summed E-state index contributed by atoms with van der Waals surface area (Å²) in [6, 6.07) is 15.3. The smallest absolute Gasteiger partial charge is 0.274 e. The Labute approximate surface area is 116 Å². The van der Waals surface area contributed by atoms with Gasteiger partial charge < -0.3 is 0 Å². The molecule has 2 rings (SSSR count). The summed E-state index contributed by atoms with van der Waals surface area (Å²) in [7, 11) is 0. The van der Waals surface area contributed by atoms with Gasteiger partial charge in [0.15, 0.2) is 5.78 Å². The van der Waals surface area contributed by atoms with Crippen molar-refractivity contribution < 1.29 is 13.6 Å². The molecule has 2 aromatic rings. The Balaban J connectivity index is 2.32. The van der Waals surface area contributed by atoms with Gasteiger partial charge in [-0.1, -0.05) is 54.6 Å². The largest absolute Gasteiger partial charge is 0.294 e. The van der Waals surface area contributed by atoms with Crippen molar-refractivity contribution in [1.29, 1.82) is 0 Å². The highest BCUT2D eigenvalue weighted by molar-refractivity contribution is 6.02. The molecule has 3 heteroatoms. The van der Waals surface area contributed by atoms with Gasteiger partial charge in [-0.15, -0.1) is 0 Å². The van der Waals surface area contributed by atoms with Gasteiger partial charge in [-0.05, 0) is 18.1 Å². The number of hydrogen-bond acceptors (Lipinski definition) is 1.